The number of aromatic nitrogens is 1. The molecule has 0 aliphatic rings. The molecular formula is C10H7BrINO. The highest BCUT2D eigenvalue weighted by Crippen LogP contribution is 2.22. The molecule has 2 aromatic rings. The van der Waals surface area contributed by atoms with Crippen molar-refractivity contribution in [1.82, 2.24) is 4.98 Å². The summed E-state index contributed by atoms with van der Waals surface area (Å²) in [6.45, 7) is 1.98. The third kappa shape index (κ3) is 1.50. The highest BCUT2D eigenvalue weighted by Gasteiger charge is 2.06. The number of benzene rings is 1. The molecule has 0 spiro atoms. The maximum atomic E-state index is 11.7. The molecule has 1 aromatic carbocycles. The number of H-pyrrole nitrogens is 1. The number of hydrogen-bond donors (Lipinski definition) is 1. The molecule has 1 aromatic heterocycles. The van der Waals surface area contributed by atoms with Crippen molar-refractivity contribution in [1.29, 1.82) is 0 Å². The van der Waals surface area contributed by atoms with E-state index in [2.05, 4.69) is 20.9 Å². The predicted octanol–water partition coefficient (Wildman–Crippen LogP) is 3.20. The minimum Gasteiger partial charge on any atom is -0.360 e. The van der Waals surface area contributed by atoms with Gasteiger partial charge >= 0.3 is 0 Å². The second-order valence-electron chi connectivity index (χ2n) is 3.06. The average molecular weight is 364 g/mol. The number of fused-ring (bicyclic) bond motifs is 1. The van der Waals surface area contributed by atoms with Crippen LogP contribution in [-0.2, 0) is 0 Å². The van der Waals surface area contributed by atoms with Crippen LogP contribution in [0.2, 0.25) is 0 Å². The lowest BCUT2D eigenvalue weighted by Gasteiger charge is -2.04. The van der Waals surface area contributed by atoms with Gasteiger partial charge in [0, 0.05) is 16.1 Å². The summed E-state index contributed by atoms with van der Waals surface area (Å²) in [6, 6.07) is 3.75. The quantitative estimate of drug-likeness (QED) is 0.716. The maximum Gasteiger partial charge on any atom is 0.202 e. The van der Waals surface area contributed by atoms with Crippen LogP contribution in [0.25, 0.3) is 10.9 Å². The Morgan fingerprint density at radius 1 is 1.43 bits per heavy atom. The molecule has 1 N–H and O–H groups in total. The van der Waals surface area contributed by atoms with Gasteiger partial charge in [-0.3, -0.25) is 4.79 Å². The van der Waals surface area contributed by atoms with Crippen molar-refractivity contribution < 1.29 is 0 Å². The molecular weight excluding hydrogens is 357 g/mol. The molecule has 72 valence electrons. The van der Waals surface area contributed by atoms with Gasteiger partial charge in [-0.05, 0) is 47.2 Å². The van der Waals surface area contributed by atoms with E-state index in [0.29, 0.717) is 0 Å². The van der Waals surface area contributed by atoms with Crippen LogP contribution in [-0.4, -0.2) is 4.98 Å². The second-order valence-corrected chi connectivity index (χ2v) is 5.08. The van der Waals surface area contributed by atoms with Gasteiger partial charge in [0.25, 0.3) is 0 Å². The van der Waals surface area contributed by atoms with Gasteiger partial charge < -0.3 is 4.98 Å². The third-order valence-corrected chi connectivity index (χ3v) is 3.86. The number of hydrogen-bond acceptors (Lipinski definition) is 1. The molecule has 1 heterocycles. The Kier molecular flexibility index (Phi) is 2.66. The summed E-state index contributed by atoms with van der Waals surface area (Å²) < 4.78 is 1.73. The minimum atomic E-state index is 0.0925. The molecule has 2 rings (SSSR count). The van der Waals surface area contributed by atoms with Crippen molar-refractivity contribution in [2.45, 2.75) is 6.92 Å². The van der Waals surface area contributed by atoms with E-state index in [1.54, 1.807) is 6.20 Å². The molecule has 0 radical (unpaired) electrons. The van der Waals surface area contributed by atoms with Crippen LogP contribution in [0.4, 0.5) is 0 Å². The zero-order valence-electron chi connectivity index (χ0n) is 7.40. The first-order valence-electron chi connectivity index (χ1n) is 4.07. The summed E-state index contributed by atoms with van der Waals surface area (Å²) in [5.41, 5.74) is 2.07. The number of rotatable bonds is 0. The lowest BCUT2D eigenvalue weighted by atomic mass is 10.1. The Morgan fingerprint density at radius 2 is 2.14 bits per heavy atom. The Labute approximate surface area is 103 Å². The number of pyridine rings is 1. The molecule has 0 aliphatic carbocycles. The topological polar surface area (TPSA) is 32.9 Å². The van der Waals surface area contributed by atoms with E-state index in [1.165, 1.54) is 0 Å². The fourth-order valence-electron chi connectivity index (χ4n) is 1.39. The van der Waals surface area contributed by atoms with Crippen LogP contribution >= 0.6 is 38.5 Å². The largest absolute Gasteiger partial charge is 0.360 e. The molecule has 0 amide bonds. The van der Waals surface area contributed by atoms with Crippen molar-refractivity contribution in [3.8, 4) is 0 Å². The van der Waals surface area contributed by atoms with Crippen LogP contribution < -0.4 is 5.43 Å². The van der Waals surface area contributed by atoms with Gasteiger partial charge in [-0.15, -0.1) is 0 Å². The van der Waals surface area contributed by atoms with Gasteiger partial charge in [-0.25, -0.2) is 0 Å². The first-order chi connectivity index (χ1) is 6.61. The molecule has 0 fully saturated rings. The first kappa shape index (κ1) is 10.2. The number of nitrogens with one attached hydrogen (secondary N) is 1. The zero-order chi connectivity index (χ0) is 10.3. The number of aryl methyl sites for hydroxylation is 1. The molecule has 4 heteroatoms. The Hall–Kier alpha value is -0.360. The fraction of sp³-hybridized carbons (Fsp3) is 0.100. The molecule has 2 nitrogen and oxygen atoms in total. The van der Waals surface area contributed by atoms with E-state index in [9.17, 15) is 4.79 Å². The summed E-state index contributed by atoms with van der Waals surface area (Å²) in [4.78, 5) is 14.9. The zero-order valence-corrected chi connectivity index (χ0v) is 11.1. The van der Waals surface area contributed by atoms with Crippen molar-refractivity contribution in [2.75, 3.05) is 0 Å². The third-order valence-electron chi connectivity index (χ3n) is 2.20. The summed E-state index contributed by atoms with van der Waals surface area (Å²) in [5, 5.41) is 0.748. The highest BCUT2D eigenvalue weighted by molar-refractivity contribution is 14.1. The summed E-state index contributed by atoms with van der Waals surface area (Å²) in [7, 11) is 0. The fourth-order valence-corrected chi connectivity index (χ4v) is 2.17. The summed E-state index contributed by atoms with van der Waals surface area (Å²) >= 11 is 5.47. The van der Waals surface area contributed by atoms with Crippen molar-refractivity contribution in [3.05, 3.63) is 42.2 Å². The van der Waals surface area contributed by atoms with E-state index < -0.39 is 0 Å². The molecule has 0 atom stereocenters. The van der Waals surface area contributed by atoms with Gasteiger partial charge in [-0.2, -0.15) is 0 Å². The molecule has 0 bridgehead atoms. The van der Waals surface area contributed by atoms with E-state index >= 15 is 0 Å². The molecule has 0 aliphatic heterocycles. The van der Waals surface area contributed by atoms with E-state index in [0.717, 1.165) is 24.5 Å². The van der Waals surface area contributed by atoms with Crippen LogP contribution in [0.1, 0.15) is 5.56 Å². The standard InChI is InChI=1S/C10H7BrINO/c1-5-7(11)3-2-6-9(5)13-4-8(12)10(6)14/h2-4H,1H3,(H,13,14). The second kappa shape index (κ2) is 3.66. The summed E-state index contributed by atoms with van der Waals surface area (Å²) in [6.07, 6.45) is 1.74. The van der Waals surface area contributed by atoms with Crippen molar-refractivity contribution >= 4 is 49.4 Å². The average Bonchev–Trinajstić information content (AvgIpc) is 2.17. The minimum absolute atomic E-state index is 0.0925. The highest BCUT2D eigenvalue weighted by atomic mass is 127. The number of halogens is 2. The SMILES string of the molecule is Cc1c(Br)ccc2c(=O)c(I)c[nH]c12. The first-order valence-corrected chi connectivity index (χ1v) is 5.94. The lowest BCUT2D eigenvalue weighted by Crippen LogP contribution is -2.06. The van der Waals surface area contributed by atoms with Crippen molar-refractivity contribution in [3.63, 3.8) is 0 Å². The predicted molar refractivity (Wildman–Crippen MR) is 69.7 cm³/mol. The van der Waals surface area contributed by atoms with Crippen molar-refractivity contribution in [2.24, 2.45) is 0 Å². The summed E-state index contributed by atoms with van der Waals surface area (Å²) in [5.74, 6) is 0. The van der Waals surface area contributed by atoms with Crippen LogP contribution in [0.15, 0.2) is 27.6 Å². The van der Waals surface area contributed by atoms with Crippen LogP contribution in [0.3, 0.4) is 0 Å². The smallest absolute Gasteiger partial charge is 0.202 e. The van der Waals surface area contributed by atoms with Gasteiger partial charge in [0.2, 0.25) is 5.43 Å². The maximum absolute atomic E-state index is 11.7. The Morgan fingerprint density at radius 3 is 2.86 bits per heavy atom. The molecule has 14 heavy (non-hydrogen) atoms. The van der Waals surface area contributed by atoms with E-state index in [-0.39, 0.29) is 5.43 Å². The van der Waals surface area contributed by atoms with Gasteiger partial charge in [0.1, 0.15) is 0 Å². The van der Waals surface area contributed by atoms with Crippen LogP contribution in [0.5, 0.6) is 0 Å². The van der Waals surface area contributed by atoms with E-state index in [1.807, 2.05) is 41.6 Å². The molecule has 0 saturated heterocycles. The van der Waals surface area contributed by atoms with Gasteiger partial charge in [-0.1, -0.05) is 15.9 Å². The van der Waals surface area contributed by atoms with E-state index in [4.69, 9.17) is 0 Å². The normalized spacial score (nSPS) is 10.8. The van der Waals surface area contributed by atoms with Crippen LogP contribution in [0, 0.1) is 10.5 Å². The van der Waals surface area contributed by atoms with Gasteiger partial charge in [0.05, 0.1) is 9.09 Å². The Balaban J connectivity index is 3.02. The lowest BCUT2D eigenvalue weighted by molar-refractivity contribution is 1.32. The molecule has 0 saturated carbocycles. The number of aromatic amines is 1. The molecule has 0 unspecified atom stereocenters. The Bertz CT molecular complexity index is 562. The van der Waals surface area contributed by atoms with Gasteiger partial charge in [0.15, 0.2) is 0 Å². The monoisotopic (exact) mass is 363 g/mol.